The minimum atomic E-state index is -0.857. The summed E-state index contributed by atoms with van der Waals surface area (Å²) in [5.74, 6) is -2.00. The molecule has 0 spiro atoms. The van der Waals surface area contributed by atoms with Crippen molar-refractivity contribution in [3.05, 3.63) is 16.0 Å². The highest BCUT2D eigenvalue weighted by Crippen LogP contribution is 2.50. The van der Waals surface area contributed by atoms with Crippen molar-refractivity contribution in [2.45, 2.75) is 51.4 Å². The summed E-state index contributed by atoms with van der Waals surface area (Å²) in [6, 6.07) is 0. The minimum Gasteiger partial charge on any atom is -0.481 e. The Labute approximate surface area is 186 Å². The van der Waals surface area contributed by atoms with E-state index in [1.165, 1.54) is 16.2 Å². The number of carboxylic acid groups (broad SMARTS) is 1. The fourth-order valence-electron chi connectivity index (χ4n) is 6.18. The molecule has 1 aromatic heterocycles. The van der Waals surface area contributed by atoms with E-state index in [-0.39, 0.29) is 23.7 Å². The Balaban J connectivity index is 1.44. The van der Waals surface area contributed by atoms with Crippen LogP contribution in [0.1, 0.15) is 59.3 Å². The highest BCUT2D eigenvalue weighted by molar-refractivity contribution is 7.17. The highest BCUT2D eigenvalue weighted by atomic mass is 32.1. The van der Waals surface area contributed by atoms with Gasteiger partial charge >= 0.3 is 5.97 Å². The number of ether oxygens (including phenoxy) is 1. The molecule has 4 fully saturated rings. The Morgan fingerprint density at radius 3 is 2.29 bits per heavy atom. The van der Waals surface area contributed by atoms with Crippen LogP contribution in [0, 0.1) is 23.7 Å². The summed E-state index contributed by atoms with van der Waals surface area (Å²) in [4.78, 5) is 41.9. The van der Waals surface area contributed by atoms with Crippen molar-refractivity contribution in [2.75, 3.05) is 31.6 Å². The number of hydrogen-bond donors (Lipinski definition) is 2. The molecule has 168 valence electrons. The summed E-state index contributed by atoms with van der Waals surface area (Å²) in [5, 5.41) is 13.5. The largest absolute Gasteiger partial charge is 0.481 e. The second-order valence-corrected chi connectivity index (χ2v) is 10.5. The molecule has 4 aliphatic carbocycles. The van der Waals surface area contributed by atoms with Crippen molar-refractivity contribution >= 4 is 34.1 Å². The Hall–Kier alpha value is -1.93. The van der Waals surface area contributed by atoms with Crippen LogP contribution < -0.4 is 5.32 Å². The number of nitrogens with one attached hydrogen (secondary N) is 1. The first-order valence-corrected chi connectivity index (χ1v) is 12.4. The number of carbonyl (C=O) groups is 3. The normalized spacial score (nSPS) is 30.0. The number of aliphatic carboxylic acids is 1. The number of anilines is 1. The Kier molecular flexibility index (Phi) is 5.77. The van der Waals surface area contributed by atoms with Gasteiger partial charge in [0.25, 0.3) is 5.91 Å². The zero-order valence-corrected chi connectivity index (χ0v) is 18.5. The van der Waals surface area contributed by atoms with Crippen LogP contribution in [0.3, 0.4) is 0 Å². The number of fused-ring (bicyclic) bond motifs is 4. The molecule has 1 aliphatic heterocycles. The number of morpholine rings is 1. The fraction of sp³-hybridized carbons (Fsp3) is 0.696. The third-order valence-electron chi connectivity index (χ3n) is 7.73. The molecular formula is C23H30N2O5S. The van der Waals surface area contributed by atoms with E-state index in [0.29, 0.717) is 36.9 Å². The maximum absolute atomic E-state index is 13.4. The van der Waals surface area contributed by atoms with Gasteiger partial charge in [-0.2, -0.15) is 0 Å². The maximum atomic E-state index is 13.4. The van der Waals surface area contributed by atoms with E-state index in [0.717, 1.165) is 56.9 Å². The predicted molar refractivity (Wildman–Crippen MR) is 116 cm³/mol. The first-order chi connectivity index (χ1) is 15.0. The van der Waals surface area contributed by atoms with Crippen molar-refractivity contribution in [1.29, 1.82) is 0 Å². The van der Waals surface area contributed by atoms with Crippen molar-refractivity contribution in [1.82, 2.24) is 4.90 Å². The van der Waals surface area contributed by atoms with E-state index in [2.05, 4.69) is 5.32 Å². The van der Waals surface area contributed by atoms with Crippen molar-refractivity contribution in [3.8, 4) is 0 Å². The number of thiophene rings is 1. The molecule has 0 radical (unpaired) electrons. The molecule has 6 rings (SSSR count). The lowest BCUT2D eigenvalue weighted by atomic mass is 9.58. The molecule has 7 nitrogen and oxygen atoms in total. The highest BCUT2D eigenvalue weighted by Gasteiger charge is 2.50. The van der Waals surface area contributed by atoms with Crippen LogP contribution in [0.5, 0.6) is 0 Å². The molecule has 2 amide bonds. The Bertz CT molecular complexity index is 883. The lowest BCUT2D eigenvalue weighted by Crippen LogP contribution is -2.49. The van der Waals surface area contributed by atoms with Gasteiger partial charge in [-0.25, -0.2) is 0 Å². The van der Waals surface area contributed by atoms with Crippen LogP contribution in [0.15, 0.2) is 0 Å². The third-order valence-corrected chi connectivity index (χ3v) is 8.93. The number of aryl methyl sites for hydroxylation is 1. The van der Waals surface area contributed by atoms with Gasteiger partial charge in [0.05, 0.1) is 30.6 Å². The molecule has 8 heteroatoms. The molecular weight excluding hydrogens is 416 g/mol. The van der Waals surface area contributed by atoms with Crippen LogP contribution in [-0.4, -0.2) is 54.1 Å². The smallest absolute Gasteiger partial charge is 0.307 e. The van der Waals surface area contributed by atoms with Gasteiger partial charge in [-0.1, -0.05) is 0 Å². The van der Waals surface area contributed by atoms with Crippen LogP contribution in [0.2, 0.25) is 0 Å². The van der Waals surface area contributed by atoms with Gasteiger partial charge in [0.1, 0.15) is 5.00 Å². The number of carboxylic acids is 1. The van der Waals surface area contributed by atoms with Crippen LogP contribution in [-0.2, 0) is 27.2 Å². The number of nitrogens with zero attached hydrogens (tertiary/aromatic N) is 1. The summed E-state index contributed by atoms with van der Waals surface area (Å²) in [6.45, 7) is 2.19. The van der Waals surface area contributed by atoms with Crippen molar-refractivity contribution in [2.24, 2.45) is 23.7 Å². The van der Waals surface area contributed by atoms with Crippen LogP contribution in [0.25, 0.3) is 0 Å². The van der Waals surface area contributed by atoms with Gasteiger partial charge < -0.3 is 20.1 Å². The molecule has 1 saturated heterocycles. The van der Waals surface area contributed by atoms with Gasteiger partial charge in [-0.05, 0) is 68.8 Å². The van der Waals surface area contributed by atoms with Gasteiger partial charge in [-0.15, -0.1) is 11.3 Å². The van der Waals surface area contributed by atoms with Crippen LogP contribution >= 0.6 is 11.3 Å². The average Bonchev–Trinajstić information content (AvgIpc) is 3.16. The molecule has 31 heavy (non-hydrogen) atoms. The molecule has 0 aromatic carbocycles. The topological polar surface area (TPSA) is 95.9 Å². The predicted octanol–water partition coefficient (Wildman–Crippen LogP) is 3.17. The second-order valence-electron chi connectivity index (χ2n) is 9.37. The molecule has 2 atom stereocenters. The summed E-state index contributed by atoms with van der Waals surface area (Å²) in [7, 11) is 0. The van der Waals surface area contributed by atoms with E-state index < -0.39 is 17.8 Å². The monoisotopic (exact) mass is 446 g/mol. The Morgan fingerprint density at radius 2 is 1.61 bits per heavy atom. The standard InChI is InChI=1S/C23H30N2O5S/c26-20(17-13-5-7-14(8-6-13)18(17)23(28)29)24-21-19(15-3-1-2-4-16(15)31-21)22(27)25-9-11-30-12-10-25/h13-14,17-18H,1-12H2,(H,24,26)(H,28,29). The average molecular weight is 447 g/mol. The molecule has 1 aromatic rings. The maximum Gasteiger partial charge on any atom is 0.307 e. The quantitative estimate of drug-likeness (QED) is 0.741. The molecule has 5 aliphatic rings. The van der Waals surface area contributed by atoms with Gasteiger partial charge in [-0.3, -0.25) is 14.4 Å². The lowest BCUT2D eigenvalue weighted by molar-refractivity contribution is -0.156. The van der Waals surface area contributed by atoms with E-state index in [4.69, 9.17) is 4.74 Å². The second kappa shape index (κ2) is 8.54. The van der Waals surface area contributed by atoms with E-state index in [9.17, 15) is 19.5 Å². The molecule has 3 saturated carbocycles. The number of carbonyl (C=O) groups excluding carboxylic acids is 2. The zero-order chi connectivity index (χ0) is 21.5. The van der Waals surface area contributed by atoms with E-state index >= 15 is 0 Å². The van der Waals surface area contributed by atoms with E-state index in [1.54, 1.807) is 0 Å². The molecule has 2 bridgehead atoms. The first kappa shape index (κ1) is 20.9. The number of amides is 2. The molecule has 2 unspecified atom stereocenters. The Morgan fingerprint density at radius 1 is 0.968 bits per heavy atom. The van der Waals surface area contributed by atoms with Crippen molar-refractivity contribution in [3.63, 3.8) is 0 Å². The summed E-state index contributed by atoms with van der Waals surface area (Å²) in [6.07, 6.45) is 7.59. The zero-order valence-electron chi connectivity index (χ0n) is 17.7. The number of rotatable bonds is 4. The first-order valence-electron chi connectivity index (χ1n) is 11.6. The summed E-state index contributed by atoms with van der Waals surface area (Å²) < 4.78 is 5.40. The summed E-state index contributed by atoms with van der Waals surface area (Å²) >= 11 is 1.52. The van der Waals surface area contributed by atoms with Gasteiger partial charge in [0.15, 0.2) is 0 Å². The van der Waals surface area contributed by atoms with Crippen LogP contribution in [0.4, 0.5) is 5.00 Å². The van der Waals surface area contributed by atoms with E-state index in [1.807, 2.05) is 4.90 Å². The molecule has 2 N–H and O–H groups in total. The third kappa shape index (κ3) is 3.78. The number of hydrogen-bond acceptors (Lipinski definition) is 5. The fourth-order valence-corrected chi connectivity index (χ4v) is 7.47. The minimum absolute atomic E-state index is 0.0297. The van der Waals surface area contributed by atoms with Gasteiger partial charge in [0, 0.05) is 18.0 Å². The lowest BCUT2D eigenvalue weighted by Gasteiger charge is -2.45. The van der Waals surface area contributed by atoms with Gasteiger partial charge in [0.2, 0.25) is 5.91 Å². The summed E-state index contributed by atoms with van der Waals surface area (Å²) in [5.41, 5.74) is 1.73. The van der Waals surface area contributed by atoms with Crippen molar-refractivity contribution < 1.29 is 24.2 Å². The molecule has 2 heterocycles. The SMILES string of the molecule is O=C(O)C1C2CCC(CC2)C1C(=O)Nc1sc2c(c1C(=O)N1CCOCC1)CCCC2.